The van der Waals surface area contributed by atoms with Gasteiger partial charge in [0.1, 0.15) is 0 Å². The normalized spacial score (nSPS) is 23.9. The Kier molecular flexibility index (Phi) is 12.6. The fourth-order valence-electron chi connectivity index (χ4n) is 3.97. The van der Waals surface area contributed by atoms with Crippen LogP contribution in [0.3, 0.4) is 0 Å². The second-order valence-electron chi connectivity index (χ2n) is 7.41. The Morgan fingerprint density at radius 3 is 2.58 bits per heavy atom. The van der Waals surface area contributed by atoms with Gasteiger partial charge in [0.2, 0.25) is 0 Å². The topological polar surface area (TPSA) is 20.2 Å². The molecule has 0 saturated heterocycles. The number of aliphatic hydroxyl groups is 1. The second-order valence-corrected chi connectivity index (χ2v) is 7.97. The summed E-state index contributed by atoms with van der Waals surface area (Å²) in [5, 5.41) is 10.6. The van der Waals surface area contributed by atoms with Gasteiger partial charge in [0.15, 0.2) is 0 Å². The van der Waals surface area contributed by atoms with E-state index in [0.29, 0.717) is 11.8 Å². The molecule has 0 aromatic heterocycles. The van der Waals surface area contributed by atoms with Gasteiger partial charge in [-0.1, -0.05) is 69.0 Å². The Bertz CT molecular complexity index is 513. The van der Waals surface area contributed by atoms with Crippen molar-refractivity contribution in [3.63, 3.8) is 0 Å². The fourth-order valence-corrected chi connectivity index (χ4v) is 4.45. The van der Waals surface area contributed by atoms with Crippen LogP contribution in [-0.4, -0.2) is 10.5 Å². The third-order valence-electron chi connectivity index (χ3n) is 5.47. The van der Waals surface area contributed by atoms with E-state index in [1.807, 2.05) is 0 Å². The molecular weight excluding hydrogens is 417 g/mol. The Labute approximate surface area is 190 Å². The Morgan fingerprint density at radius 2 is 1.92 bits per heavy atom. The molecule has 1 aromatic carbocycles. The summed E-state index contributed by atoms with van der Waals surface area (Å²) < 4.78 is 0. The number of hydrogen-bond acceptors (Lipinski definition) is 1. The third-order valence-corrected chi connectivity index (χ3v) is 5.96. The molecule has 0 bridgehead atoms. The molecule has 2 rings (SSSR count). The van der Waals surface area contributed by atoms with Gasteiger partial charge in [-0.3, -0.25) is 0 Å². The summed E-state index contributed by atoms with van der Waals surface area (Å²) in [5.41, 5.74) is 2.37. The molecule has 3 heteroatoms. The van der Waals surface area contributed by atoms with Crippen LogP contribution in [0.4, 0.5) is 0 Å². The van der Waals surface area contributed by atoms with Crippen LogP contribution in [0, 0.1) is 12.8 Å². The van der Waals surface area contributed by atoms with Gasteiger partial charge in [-0.25, -0.2) is 0 Å². The molecule has 0 amide bonds. The molecule has 1 fully saturated rings. The van der Waals surface area contributed by atoms with E-state index in [1.165, 1.54) is 24.8 Å². The van der Waals surface area contributed by atoms with Crippen molar-refractivity contribution in [2.24, 2.45) is 5.92 Å². The summed E-state index contributed by atoms with van der Waals surface area (Å²) in [5.74, 6) is 1.06. The molecule has 0 aliphatic heterocycles. The number of allylic oxidation sites excluding steroid dienone is 2. The summed E-state index contributed by atoms with van der Waals surface area (Å²) in [7, 11) is 0. The van der Waals surface area contributed by atoms with E-state index < -0.39 is 0 Å². The largest absolute Gasteiger partial charge is 0.388 e. The van der Waals surface area contributed by atoms with Crippen molar-refractivity contribution in [2.75, 3.05) is 0 Å². The Balaban J connectivity index is 0.00000338. The maximum absolute atomic E-state index is 10.3. The van der Waals surface area contributed by atoms with Crippen molar-refractivity contribution < 1.29 is 37.8 Å². The first-order chi connectivity index (χ1) is 12.2. The summed E-state index contributed by atoms with van der Waals surface area (Å²) in [6, 6.07) is 8.58. The molecule has 1 N–H and O–H groups in total. The van der Waals surface area contributed by atoms with Gasteiger partial charge in [-0.15, -0.1) is 11.6 Å². The van der Waals surface area contributed by atoms with Gasteiger partial charge in [0, 0.05) is 44.0 Å². The molecule has 0 spiro atoms. The van der Waals surface area contributed by atoms with Crippen molar-refractivity contribution in [1.82, 2.24) is 0 Å². The molecule has 1 aromatic rings. The first-order valence-electron chi connectivity index (χ1n) is 10.0. The summed E-state index contributed by atoms with van der Waals surface area (Å²) in [4.78, 5) is 0. The minimum atomic E-state index is -0.336. The summed E-state index contributed by atoms with van der Waals surface area (Å²) in [6.07, 6.45) is 14.0. The quantitative estimate of drug-likeness (QED) is 0.177. The molecule has 4 atom stereocenters. The Hall–Kier alpha value is 0.314. The van der Waals surface area contributed by atoms with Crippen molar-refractivity contribution >= 4 is 11.6 Å². The second kappa shape index (κ2) is 13.5. The third kappa shape index (κ3) is 7.38. The average Bonchev–Trinajstić information content (AvgIpc) is 2.99. The zero-order chi connectivity index (χ0) is 18.1. The van der Waals surface area contributed by atoms with Crippen LogP contribution >= 0.6 is 11.6 Å². The van der Waals surface area contributed by atoms with Crippen molar-refractivity contribution in [2.45, 2.75) is 82.1 Å². The van der Waals surface area contributed by atoms with Gasteiger partial charge in [0.05, 0.1) is 6.10 Å². The molecule has 1 unspecified atom stereocenters. The van der Waals surface area contributed by atoms with E-state index in [1.54, 1.807) is 0 Å². The van der Waals surface area contributed by atoms with Gasteiger partial charge >= 0.3 is 0 Å². The molecular formula is C23H34ClOY-. The molecule has 26 heavy (non-hydrogen) atoms. The number of alkyl halides is 1. The van der Waals surface area contributed by atoms with Gasteiger partial charge in [-0.05, 0) is 42.7 Å². The maximum Gasteiger partial charge on any atom is 0.0790 e. The van der Waals surface area contributed by atoms with E-state index in [4.69, 9.17) is 11.6 Å². The summed E-state index contributed by atoms with van der Waals surface area (Å²) in [6.45, 7) is 6.07. The number of aliphatic hydroxyl groups excluding tert-OH is 1. The fraction of sp³-hybridized carbons (Fsp3) is 0.609. The van der Waals surface area contributed by atoms with Crippen LogP contribution in [0.2, 0.25) is 0 Å². The predicted octanol–water partition coefficient (Wildman–Crippen LogP) is 6.96. The van der Waals surface area contributed by atoms with Crippen LogP contribution in [0.25, 0.3) is 0 Å². The van der Waals surface area contributed by atoms with E-state index >= 15 is 0 Å². The minimum Gasteiger partial charge on any atom is -0.388 e. The van der Waals surface area contributed by atoms with Crippen LogP contribution < -0.4 is 0 Å². The van der Waals surface area contributed by atoms with E-state index in [9.17, 15) is 5.11 Å². The predicted molar refractivity (Wildman–Crippen MR) is 109 cm³/mol. The minimum absolute atomic E-state index is 0. The summed E-state index contributed by atoms with van der Waals surface area (Å²) >= 11 is 6.65. The van der Waals surface area contributed by atoms with Crippen LogP contribution in [0.1, 0.15) is 87.9 Å². The van der Waals surface area contributed by atoms with Gasteiger partial charge in [-0.2, -0.15) is 6.42 Å². The van der Waals surface area contributed by atoms with Gasteiger partial charge < -0.3 is 12.0 Å². The van der Waals surface area contributed by atoms with E-state index in [0.717, 1.165) is 44.1 Å². The zero-order valence-corrected chi connectivity index (χ0v) is 19.8. The molecule has 0 heterocycles. The molecule has 1 saturated carbocycles. The number of benzene rings is 1. The molecule has 1 aliphatic rings. The molecule has 1 aliphatic carbocycles. The van der Waals surface area contributed by atoms with Crippen molar-refractivity contribution in [1.29, 1.82) is 0 Å². The average molecular weight is 451 g/mol. The van der Waals surface area contributed by atoms with E-state index in [-0.39, 0.29) is 44.2 Å². The standard InChI is InChI=1S/C23H34ClO.Y/c1-3-5-7-9-10-19-16-17-21(24)23(19)20-14-12-18(13-15-20)22(25)11-8-6-4-2;/h7,9,12-15,19,21-23,25H,1,3-6,8,10-11,16-17H2,2H3;/q-1;/b9-7-;/t19-,21+,22?,23-;/m0./s1. The molecule has 143 valence electrons. The maximum atomic E-state index is 10.3. The van der Waals surface area contributed by atoms with Crippen LogP contribution in [-0.2, 0) is 32.7 Å². The monoisotopic (exact) mass is 450 g/mol. The SMILES string of the molecule is [CH2-]CC/C=C\C[C@H]1CC[C@@H](Cl)[C@@H]1c1ccc(C(O)CCCCC)cc1.[Y]. The van der Waals surface area contributed by atoms with Crippen molar-refractivity contribution in [3.8, 4) is 0 Å². The van der Waals surface area contributed by atoms with Crippen molar-refractivity contribution in [3.05, 3.63) is 54.5 Å². The zero-order valence-electron chi connectivity index (χ0n) is 16.2. The van der Waals surface area contributed by atoms with Crippen LogP contribution in [0.5, 0.6) is 0 Å². The number of halogens is 1. The van der Waals surface area contributed by atoms with E-state index in [2.05, 4.69) is 50.3 Å². The first-order valence-corrected chi connectivity index (χ1v) is 10.5. The van der Waals surface area contributed by atoms with Crippen LogP contribution in [0.15, 0.2) is 36.4 Å². The number of unbranched alkanes of at least 4 members (excludes halogenated alkanes) is 3. The molecule has 1 nitrogen and oxygen atoms in total. The smallest absolute Gasteiger partial charge is 0.0790 e. The van der Waals surface area contributed by atoms with Gasteiger partial charge in [0.25, 0.3) is 0 Å². The Morgan fingerprint density at radius 1 is 1.19 bits per heavy atom. The number of rotatable bonds is 10. The molecule has 1 radical (unpaired) electrons. The number of hydrogen-bond donors (Lipinski definition) is 1. The first kappa shape index (κ1) is 24.4.